The lowest BCUT2D eigenvalue weighted by Gasteiger charge is -2.26. The first-order chi connectivity index (χ1) is 17.1. The van der Waals surface area contributed by atoms with Gasteiger partial charge in [-0.25, -0.2) is 4.79 Å². The van der Waals surface area contributed by atoms with E-state index >= 15 is 0 Å². The van der Waals surface area contributed by atoms with Gasteiger partial charge < -0.3 is 32.1 Å². The van der Waals surface area contributed by atoms with Gasteiger partial charge in [-0.2, -0.15) is 0 Å². The monoisotopic (exact) mass is 503 g/mol. The van der Waals surface area contributed by atoms with E-state index in [-0.39, 0.29) is 31.1 Å². The van der Waals surface area contributed by atoms with Crippen molar-refractivity contribution in [3.05, 3.63) is 35.9 Å². The molecule has 7 N–H and O–H groups in total. The highest BCUT2D eigenvalue weighted by Gasteiger charge is 2.32. The smallest absolute Gasteiger partial charge is 0.326 e. The highest BCUT2D eigenvalue weighted by Crippen LogP contribution is 2.11. The maximum atomic E-state index is 13.3. The summed E-state index contributed by atoms with van der Waals surface area (Å²) in [6.07, 6.45) is 1.89. The first kappa shape index (κ1) is 28.8. The van der Waals surface area contributed by atoms with Gasteiger partial charge in [0.1, 0.15) is 18.1 Å². The SMILES string of the molecule is CCC(C)C(NC(=O)C(CCC(N)=O)NC(=O)C(Cc1ccccc1)NC(=O)C1CCCN1)C(=O)O. The van der Waals surface area contributed by atoms with Crippen LogP contribution in [0.1, 0.15) is 51.5 Å². The minimum Gasteiger partial charge on any atom is -0.480 e. The number of hydrogen-bond acceptors (Lipinski definition) is 6. The van der Waals surface area contributed by atoms with Crippen molar-refractivity contribution in [1.29, 1.82) is 0 Å². The normalized spacial score (nSPS) is 18.3. The third-order valence-corrected chi connectivity index (χ3v) is 6.38. The molecule has 1 saturated heterocycles. The third kappa shape index (κ3) is 8.95. The van der Waals surface area contributed by atoms with Crippen LogP contribution in [0.25, 0.3) is 0 Å². The standard InChI is InChI=1S/C25H37N5O6/c1-3-15(2)21(25(35)36)30-23(33)18(11-12-20(26)31)28-24(34)19(14-16-8-5-4-6-9-16)29-22(32)17-10-7-13-27-17/h4-6,8-9,15,17-19,21,27H,3,7,10-14H2,1-2H3,(H2,26,31)(H,28,34)(H,29,32)(H,30,33)(H,35,36). The van der Waals surface area contributed by atoms with Gasteiger partial charge >= 0.3 is 5.97 Å². The van der Waals surface area contributed by atoms with Crippen LogP contribution in [-0.2, 0) is 30.4 Å². The van der Waals surface area contributed by atoms with Crippen molar-refractivity contribution in [3.8, 4) is 0 Å². The number of primary amides is 1. The van der Waals surface area contributed by atoms with Crippen molar-refractivity contribution in [3.63, 3.8) is 0 Å². The molecular formula is C25H37N5O6. The Kier molecular flexibility index (Phi) is 11.3. The number of aliphatic carboxylic acids is 1. The van der Waals surface area contributed by atoms with Gasteiger partial charge in [0.05, 0.1) is 6.04 Å². The number of nitrogens with one attached hydrogen (secondary N) is 4. The Balaban J connectivity index is 2.21. The molecule has 0 radical (unpaired) electrons. The molecule has 1 aromatic rings. The minimum absolute atomic E-state index is 0.115. The third-order valence-electron chi connectivity index (χ3n) is 6.38. The fourth-order valence-corrected chi connectivity index (χ4v) is 4.00. The maximum Gasteiger partial charge on any atom is 0.326 e. The predicted octanol–water partition coefficient (Wildman–Crippen LogP) is -0.168. The summed E-state index contributed by atoms with van der Waals surface area (Å²) in [7, 11) is 0. The lowest BCUT2D eigenvalue weighted by Crippen LogP contribution is -2.58. The molecule has 5 unspecified atom stereocenters. The highest BCUT2D eigenvalue weighted by molar-refractivity contribution is 5.94. The fraction of sp³-hybridized carbons (Fsp3) is 0.560. The van der Waals surface area contributed by atoms with Gasteiger partial charge in [0.2, 0.25) is 23.6 Å². The Labute approximate surface area is 211 Å². The lowest BCUT2D eigenvalue weighted by molar-refractivity contribution is -0.144. The zero-order valence-corrected chi connectivity index (χ0v) is 20.8. The molecule has 1 aliphatic heterocycles. The molecule has 1 fully saturated rings. The molecule has 0 spiro atoms. The number of hydrogen-bond donors (Lipinski definition) is 6. The Morgan fingerprint density at radius 1 is 1.06 bits per heavy atom. The second kappa shape index (κ2) is 14.2. The molecule has 2 rings (SSSR count). The van der Waals surface area contributed by atoms with Crippen LogP contribution in [0.15, 0.2) is 30.3 Å². The summed E-state index contributed by atoms with van der Waals surface area (Å²) in [6, 6.07) is 5.33. The van der Waals surface area contributed by atoms with Crippen LogP contribution in [0.4, 0.5) is 0 Å². The Morgan fingerprint density at radius 2 is 1.72 bits per heavy atom. The molecule has 0 saturated carbocycles. The average Bonchev–Trinajstić information content (AvgIpc) is 3.39. The van der Waals surface area contributed by atoms with E-state index in [2.05, 4.69) is 21.3 Å². The molecule has 0 aromatic heterocycles. The lowest BCUT2D eigenvalue weighted by atomic mass is 9.98. The van der Waals surface area contributed by atoms with Crippen molar-refractivity contribution < 1.29 is 29.1 Å². The zero-order chi connectivity index (χ0) is 26.7. The van der Waals surface area contributed by atoms with Crippen LogP contribution >= 0.6 is 0 Å². The minimum atomic E-state index is -1.21. The molecule has 36 heavy (non-hydrogen) atoms. The molecular weight excluding hydrogens is 466 g/mol. The van der Waals surface area contributed by atoms with E-state index in [1.807, 2.05) is 30.3 Å². The van der Waals surface area contributed by atoms with Crippen molar-refractivity contribution in [2.45, 2.75) is 76.5 Å². The summed E-state index contributed by atoms with van der Waals surface area (Å²) in [6.45, 7) is 4.21. The second-order valence-corrected chi connectivity index (χ2v) is 9.18. The van der Waals surface area contributed by atoms with Crippen molar-refractivity contribution in [2.75, 3.05) is 6.54 Å². The first-order valence-corrected chi connectivity index (χ1v) is 12.3. The number of carbonyl (C=O) groups excluding carboxylic acids is 4. The van der Waals surface area contributed by atoms with E-state index in [0.717, 1.165) is 12.0 Å². The summed E-state index contributed by atoms with van der Waals surface area (Å²) in [5.41, 5.74) is 6.05. The fourth-order valence-electron chi connectivity index (χ4n) is 4.00. The summed E-state index contributed by atoms with van der Waals surface area (Å²) in [4.78, 5) is 62.1. The van der Waals surface area contributed by atoms with Gasteiger partial charge in [-0.15, -0.1) is 0 Å². The van der Waals surface area contributed by atoms with E-state index < -0.39 is 47.9 Å². The van der Waals surface area contributed by atoms with Crippen molar-refractivity contribution in [2.24, 2.45) is 11.7 Å². The van der Waals surface area contributed by atoms with Crippen LogP contribution in [0.2, 0.25) is 0 Å². The van der Waals surface area contributed by atoms with Crippen LogP contribution in [0.5, 0.6) is 0 Å². The van der Waals surface area contributed by atoms with E-state index in [1.54, 1.807) is 13.8 Å². The Morgan fingerprint density at radius 3 is 2.28 bits per heavy atom. The highest BCUT2D eigenvalue weighted by atomic mass is 16.4. The van der Waals surface area contributed by atoms with Crippen LogP contribution in [-0.4, -0.2) is 65.4 Å². The molecule has 5 atom stereocenters. The van der Waals surface area contributed by atoms with Gasteiger partial charge in [0, 0.05) is 12.8 Å². The molecule has 1 aliphatic rings. The number of nitrogens with two attached hydrogens (primary N) is 1. The quantitative estimate of drug-likeness (QED) is 0.204. The number of carboxylic acids is 1. The van der Waals surface area contributed by atoms with E-state index in [4.69, 9.17) is 5.73 Å². The molecule has 0 bridgehead atoms. The topological polar surface area (TPSA) is 180 Å². The molecule has 1 heterocycles. The second-order valence-electron chi connectivity index (χ2n) is 9.18. The summed E-state index contributed by atoms with van der Waals surface area (Å²) >= 11 is 0. The predicted molar refractivity (Wildman–Crippen MR) is 132 cm³/mol. The number of carboxylic acid groups (broad SMARTS) is 1. The average molecular weight is 504 g/mol. The Bertz CT molecular complexity index is 919. The summed E-state index contributed by atoms with van der Waals surface area (Å²) < 4.78 is 0. The number of rotatable bonds is 14. The summed E-state index contributed by atoms with van der Waals surface area (Å²) in [5.74, 6) is -3.90. The van der Waals surface area contributed by atoms with Gasteiger partial charge in [-0.1, -0.05) is 50.6 Å². The molecule has 11 nitrogen and oxygen atoms in total. The zero-order valence-electron chi connectivity index (χ0n) is 20.8. The van der Waals surface area contributed by atoms with Gasteiger partial charge in [-0.05, 0) is 37.3 Å². The van der Waals surface area contributed by atoms with E-state index in [0.29, 0.717) is 19.4 Å². The molecule has 0 aliphatic carbocycles. The Hall–Kier alpha value is -3.47. The molecule has 11 heteroatoms. The molecule has 1 aromatic carbocycles. The van der Waals surface area contributed by atoms with E-state index in [9.17, 15) is 29.1 Å². The van der Waals surface area contributed by atoms with Crippen molar-refractivity contribution in [1.82, 2.24) is 21.3 Å². The van der Waals surface area contributed by atoms with Crippen LogP contribution in [0.3, 0.4) is 0 Å². The van der Waals surface area contributed by atoms with Crippen LogP contribution in [0, 0.1) is 5.92 Å². The largest absolute Gasteiger partial charge is 0.480 e. The van der Waals surface area contributed by atoms with Gasteiger partial charge in [-0.3, -0.25) is 19.2 Å². The van der Waals surface area contributed by atoms with Crippen molar-refractivity contribution >= 4 is 29.6 Å². The van der Waals surface area contributed by atoms with Gasteiger partial charge in [0.25, 0.3) is 0 Å². The van der Waals surface area contributed by atoms with Gasteiger partial charge in [0.15, 0.2) is 0 Å². The van der Waals surface area contributed by atoms with Crippen LogP contribution < -0.4 is 27.0 Å². The molecule has 4 amide bonds. The first-order valence-electron chi connectivity index (χ1n) is 12.3. The summed E-state index contributed by atoms with van der Waals surface area (Å²) in [5, 5.41) is 20.5. The number of amides is 4. The molecule has 198 valence electrons. The maximum absolute atomic E-state index is 13.3. The number of benzene rings is 1. The number of carbonyl (C=O) groups is 5. The van der Waals surface area contributed by atoms with E-state index in [1.165, 1.54) is 0 Å².